The monoisotopic (exact) mass is 400 g/mol. The van der Waals surface area contributed by atoms with Gasteiger partial charge in [-0.2, -0.15) is 13.2 Å². The van der Waals surface area contributed by atoms with Gasteiger partial charge in [-0.3, -0.25) is 4.79 Å². The molecule has 0 heterocycles. The van der Waals surface area contributed by atoms with Crippen molar-refractivity contribution in [3.63, 3.8) is 0 Å². The van der Waals surface area contributed by atoms with E-state index in [-0.39, 0.29) is 22.9 Å². The van der Waals surface area contributed by atoms with Gasteiger partial charge in [0.1, 0.15) is 0 Å². The van der Waals surface area contributed by atoms with Crippen molar-refractivity contribution in [2.45, 2.75) is 18.8 Å². The lowest BCUT2D eigenvalue weighted by molar-refractivity contribution is -0.204. The zero-order valence-electron chi connectivity index (χ0n) is 14.1. The summed E-state index contributed by atoms with van der Waals surface area (Å²) in [4.78, 5) is 24.8. The van der Waals surface area contributed by atoms with Crippen molar-refractivity contribution in [1.82, 2.24) is 5.32 Å². The highest BCUT2D eigenvalue weighted by molar-refractivity contribution is 6.33. The maximum Gasteiger partial charge on any atom is 0.441 e. The van der Waals surface area contributed by atoms with Crippen LogP contribution in [0.25, 0.3) is 0 Å². The minimum absolute atomic E-state index is 0.0395. The molecule has 1 atom stereocenters. The van der Waals surface area contributed by atoms with Crippen LogP contribution in [0.4, 0.5) is 18.9 Å². The summed E-state index contributed by atoms with van der Waals surface area (Å²) in [5.74, 6) is -2.88. The molecule has 0 aromatic heterocycles. The van der Waals surface area contributed by atoms with Gasteiger partial charge in [-0.05, 0) is 31.2 Å². The minimum atomic E-state index is -5.22. The van der Waals surface area contributed by atoms with Gasteiger partial charge in [0.15, 0.2) is 0 Å². The number of benzene rings is 2. The number of hydrogen-bond acceptors (Lipinski definition) is 4. The maximum absolute atomic E-state index is 14.0. The van der Waals surface area contributed by atoms with E-state index in [1.165, 1.54) is 55.5 Å². The average molecular weight is 401 g/mol. The minimum Gasteiger partial charge on any atom is -0.463 e. The van der Waals surface area contributed by atoms with Gasteiger partial charge >= 0.3 is 17.8 Å². The van der Waals surface area contributed by atoms with E-state index in [0.29, 0.717) is 0 Å². The Hall–Kier alpha value is -2.74. The van der Waals surface area contributed by atoms with Gasteiger partial charge in [0, 0.05) is 5.69 Å². The molecule has 0 saturated carbocycles. The Bertz CT molecular complexity index is 815. The van der Waals surface area contributed by atoms with E-state index < -0.39 is 23.7 Å². The van der Waals surface area contributed by atoms with Gasteiger partial charge in [-0.1, -0.05) is 41.9 Å². The van der Waals surface area contributed by atoms with Crippen LogP contribution in [0, 0.1) is 0 Å². The smallest absolute Gasteiger partial charge is 0.441 e. The molecule has 2 aromatic carbocycles. The van der Waals surface area contributed by atoms with Gasteiger partial charge < -0.3 is 15.4 Å². The molecule has 0 aliphatic rings. The zero-order valence-corrected chi connectivity index (χ0v) is 14.9. The maximum atomic E-state index is 14.0. The summed E-state index contributed by atoms with van der Waals surface area (Å²) >= 11 is 5.88. The Morgan fingerprint density at radius 1 is 1.04 bits per heavy atom. The largest absolute Gasteiger partial charge is 0.463 e. The molecule has 5 nitrogen and oxygen atoms in total. The molecule has 2 rings (SSSR count). The van der Waals surface area contributed by atoms with E-state index in [9.17, 15) is 22.8 Å². The number of carbonyl (C=O) groups excluding carboxylic acids is 2. The number of esters is 1. The van der Waals surface area contributed by atoms with E-state index >= 15 is 0 Å². The van der Waals surface area contributed by atoms with Crippen molar-refractivity contribution in [2.75, 3.05) is 11.9 Å². The predicted molar refractivity (Wildman–Crippen MR) is 94.4 cm³/mol. The standard InChI is InChI=1S/C18H16ClF3N2O3/c1-2-27-16(26)17(18(20,21)22,23-12-8-4-3-5-9-12)24-15(25)13-10-6-7-11-14(13)19/h3-11,23H,2H2,1H3,(H,24,25)/t17-/m0/s1. The fraction of sp³-hybridized carbons (Fsp3) is 0.222. The van der Waals surface area contributed by atoms with Gasteiger partial charge in [0.2, 0.25) is 0 Å². The highest BCUT2D eigenvalue weighted by Crippen LogP contribution is 2.33. The molecule has 1 amide bonds. The van der Waals surface area contributed by atoms with Gasteiger partial charge in [0.25, 0.3) is 5.91 Å². The van der Waals surface area contributed by atoms with Crippen molar-refractivity contribution in [2.24, 2.45) is 0 Å². The lowest BCUT2D eigenvalue weighted by Gasteiger charge is -2.35. The second-order valence-corrected chi connectivity index (χ2v) is 5.80. The zero-order chi connectivity index (χ0) is 20.1. The van der Waals surface area contributed by atoms with Crippen LogP contribution in [0.1, 0.15) is 17.3 Å². The number of nitrogens with one attached hydrogen (secondary N) is 2. The number of amides is 1. The highest BCUT2D eigenvalue weighted by atomic mass is 35.5. The van der Waals surface area contributed by atoms with Crippen LogP contribution in [-0.4, -0.2) is 30.3 Å². The van der Waals surface area contributed by atoms with Crippen molar-refractivity contribution < 1.29 is 27.5 Å². The third-order valence-corrected chi connectivity index (χ3v) is 3.86. The molecule has 0 radical (unpaired) electrons. The number of carbonyl (C=O) groups is 2. The van der Waals surface area contributed by atoms with Crippen LogP contribution in [0.5, 0.6) is 0 Å². The van der Waals surface area contributed by atoms with Crippen molar-refractivity contribution in [1.29, 1.82) is 0 Å². The molecule has 0 fully saturated rings. The van der Waals surface area contributed by atoms with E-state index in [0.717, 1.165) is 0 Å². The molecule has 9 heteroatoms. The first-order valence-corrected chi connectivity index (χ1v) is 8.23. The molecule has 27 heavy (non-hydrogen) atoms. The Morgan fingerprint density at radius 2 is 1.63 bits per heavy atom. The summed E-state index contributed by atoms with van der Waals surface area (Å²) < 4.78 is 46.6. The molecule has 0 aliphatic heterocycles. The molecule has 0 unspecified atom stereocenters. The van der Waals surface area contributed by atoms with E-state index in [1.807, 2.05) is 0 Å². The van der Waals surface area contributed by atoms with E-state index in [1.54, 1.807) is 11.4 Å². The number of para-hydroxylation sites is 1. The molecule has 0 saturated heterocycles. The molecular formula is C18H16ClF3N2O3. The molecular weight excluding hydrogens is 385 g/mol. The predicted octanol–water partition coefficient (Wildman–Crippen LogP) is 4.00. The second kappa shape index (κ2) is 8.30. The molecule has 0 aliphatic carbocycles. The first-order chi connectivity index (χ1) is 12.7. The van der Waals surface area contributed by atoms with Gasteiger partial charge in [-0.25, -0.2) is 4.79 Å². The summed E-state index contributed by atoms with van der Waals surface area (Å²) in [6, 6.07) is 12.7. The Morgan fingerprint density at radius 3 is 2.19 bits per heavy atom. The first kappa shape index (κ1) is 20.6. The lowest BCUT2D eigenvalue weighted by atomic mass is 10.1. The number of alkyl halides is 3. The summed E-state index contributed by atoms with van der Waals surface area (Å²) in [6.07, 6.45) is -5.22. The van der Waals surface area contributed by atoms with Crippen molar-refractivity contribution in [3.8, 4) is 0 Å². The number of rotatable bonds is 6. The van der Waals surface area contributed by atoms with Crippen LogP contribution in [0.15, 0.2) is 54.6 Å². The normalized spacial score (nSPS) is 13.4. The third kappa shape index (κ3) is 4.51. The fourth-order valence-corrected chi connectivity index (χ4v) is 2.47. The summed E-state index contributed by atoms with van der Waals surface area (Å²) in [7, 11) is 0. The summed E-state index contributed by atoms with van der Waals surface area (Å²) in [5, 5.41) is 3.73. The Kier molecular flexibility index (Phi) is 6.32. The highest BCUT2D eigenvalue weighted by Gasteiger charge is 2.63. The lowest BCUT2D eigenvalue weighted by Crippen LogP contribution is -2.69. The SMILES string of the molecule is CCOC(=O)[C@@](NC(=O)c1ccccc1Cl)(Nc1ccccc1)C(F)(F)F. The first-order valence-electron chi connectivity index (χ1n) is 7.85. The van der Waals surface area contributed by atoms with Crippen LogP contribution in [-0.2, 0) is 9.53 Å². The van der Waals surface area contributed by atoms with Crippen LogP contribution in [0.2, 0.25) is 5.02 Å². The topological polar surface area (TPSA) is 67.4 Å². The molecule has 144 valence electrons. The van der Waals surface area contributed by atoms with Crippen LogP contribution in [0.3, 0.4) is 0 Å². The van der Waals surface area contributed by atoms with Crippen molar-refractivity contribution >= 4 is 29.2 Å². The Balaban J connectivity index is 2.51. The number of ether oxygens (including phenoxy) is 1. The average Bonchev–Trinajstić information content (AvgIpc) is 2.61. The van der Waals surface area contributed by atoms with Crippen LogP contribution >= 0.6 is 11.6 Å². The number of anilines is 1. The number of hydrogen-bond donors (Lipinski definition) is 2. The van der Waals surface area contributed by atoms with E-state index in [4.69, 9.17) is 11.6 Å². The number of halogens is 4. The van der Waals surface area contributed by atoms with Crippen molar-refractivity contribution in [3.05, 3.63) is 65.2 Å². The molecule has 0 spiro atoms. The molecule has 0 bridgehead atoms. The Labute approximate surface area is 158 Å². The fourth-order valence-electron chi connectivity index (χ4n) is 2.25. The van der Waals surface area contributed by atoms with Crippen LogP contribution < -0.4 is 10.6 Å². The summed E-state index contributed by atoms with van der Waals surface area (Å²) in [6.45, 7) is 1.05. The molecule has 2 aromatic rings. The van der Waals surface area contributed by atoms with E-state index in [2.05, 4.69) is 10.1 Å². The third-order valence-electron chi connectivity index (χ3n) is 3.53. The van der Waals surface area contributed by atoms with Gasteiger partial charge in [0.05, 0.1) is 17.2 Å². The quantitative estimate of drug-likeness (QED) is 0.568. The van der Waals surface area contributed by atoms with Gasteiger partial charge in [-0.15, -0.1) is 0 Å². The second-order valence-electron chi connectivity index (χ2n) is 5.39. The summed E-state index contributed by atoms with van der Waals surface area (Å²) in [5.41, 5.74) is -3.75. The molecule has 2 N–H and O–H groups in total.